The minimum atomic E-state index is 0.668. The van der Waals surface area contributed by atoms with Crippen LogP contribution in [-0.4, -0.2) is 18.3 Å². The first-order valence-corrected chi connectivity index (χ1v) is 8.49. The van der Waals surface area contributed by atoms with Gasteiger partial charge in [0.15, 0.2) is 0 Å². The molecule has 0 bridgehead atoms. The highest BCUT2D eigenvalue weighted by Crippen LogP contribution is 2.37. The summed E-state index contributed by atoms with van der Waals surface area (Å²) in [5, 5.41) is 4.22. The Labute approximate surface area is 123 Å². The van der Waals surface area contributed by atoms with Crippen molar-refractivity contribution in [2.45, 2.75) is 48.8 Å². The van der Waals surface area contributed by atoms with Gasteiger partial charge in [0.05, 0.1) is 0 Å². The van der Waals surface area contributed by atoms with E-state index in [0.717, 1.165) is 15.6 Å². The fraction of sp³-hybridized carbons (Fsp3) is 0.600. The van der Waals surface area contributed by atoms with Crippen molar-refractivity contribution in [1.29, 1.82) is 0 Å². The fourth-order valence-corrected chi connectivity index (χ4v) is 4.44. The van der Waals surface area contributed by atoms with E-state index < -0.39 is 0 Å². The molecule has 3 atom stereocenters. The van der Waals surface area contributed by atoms with Crippen molar-refractivity contribution in [2.75, 3.05) is 7.05 Å². The smallest absolute Gasteiger partial charge is 0.0250 e. The molecule has 1 aromatic rings. The van der Waals surface area contributed by atoms with E-state index in [1.54, 1.807) is 0 Å². The molecule has 0 heterocycles. The van der Waals surface area contributed by atoms with Gasteiger partial charge < -0.3 is 5.32 Å². The minimum absolute atomic E-state index is 0.668. The number of hydrogen-bond acceptors (Lipinski definition) is 2. The Balaban J connectivity index is 2.02. The summed E-state index contributed by atoms with van der Waals surface area (Å²) < 4.78 is 1.16. The summed E-state index contributed by atoms with van der Waals surface area (Å²) in [6, 6.07) is 9.38. The number of benzene rings is 1. The molecule has 3 heteroatoms. The number of halogens is 1. The van der Waals surface area contributed by atoms with Gasteiger partial charge in [-0.2, -0.15) is 0 Å². The molecule has 2 rings (SSSR count). The lowest BCUT2D eigenvalue weighted by atomic mass is 9.84. The van der Waals surface area contributed by atoms with Gasteiger partial charge in [0.1, 0.15) is 0 Å². The van der Waals surface area contributed by atoms with Gasteiger partial charge in [-0.1, -0.05) is 29.3 Å². The molecule has 0 spiro atoms. The van der Waals surface area contributed by atoms with Crippen molar-refractivity contribution >= 4 is 27.7 Å². The zero-order chi connectivity index (χ0) is 13.0. The third kappa shape index (κ3) is 3.75. The molecule has 0 radical (unpaired) electrons. The Morgan fingerprint density at radius 2 is 2.00 bits per heavy atom. The first kappa shape index (κ1) is 14.4. The lowest BCUT2D eigenvalue weighted by Gasteiger charge is -2.35. The van der Waals surface area contributed by atoms with E-state index in [-0.39, 0.29) is 0 Å². The van der Waals surface area contributed by atoms with Crippen molar-refractivity contribution < 1.29 is 0 Å². The Morgan fingerprint density at radius 1 is 1.28 bits per heavy atom. The SMILES string of the molecule is CCC1CCC(NC)C(Sc2ccc(Br)cc2)C1. The maximum absolute atomic E-state index is 3.50. The maximum Gasteiger partial charge on any atom is 0.0250 e. The minimum Gasteiger partial charge on any atom is -0.316 e. The lowest BCUT2D eigenvalue weighted by Crippen LogP contribution is -2.40. The highest BCUT2D eigenvalue weighted by molar-refractivity contribution is 9.10. The molecule has 1 nitrogen and oxygen atoms in total. The number of thioether (sulfide) groups is 1. The van der Waals surface area contributed by atoms with Gasteiger partial charge in [-0.3, -0.25) is 0 Å². The van der Waals surface area contributed by atoms with E-state index in [9.17, 15) is 0 Å². The Hall–Kier alpha value is 0.01000. The predicted molar refractivity (Wildman–Crippen MR) is 84.3 cm³/mol. The van der Waals surface area contributed by atoms with E-state index in [0.29, 0.717) is 6.04 Å². The third-order valence-corrected chi connectivity index (χ3v) is 5.85. The molecule has 0 saturated heterocycles. The molecule has 1 aliphatic carbocycles. The van der Waals surface area contributed by atoms with Gasteiger partial charge in [-0.15, -0.1) is 11.8 Å². The Morgan fingerprint density at radius 3 is 2.61 bits per heavy atom. The average Bonchev–Trinajstić information content (AvgIpc) is 2.41. The summed E-state index contributed by atoms with van der Waals surface area (Å²) in [6.45, 7) is 2.33. The van der Waals surface area contributed by atoms with E-state index in [4.69, 9.17) is 0 Å². The van der Waals surface area contributed by atoms with E-state index in [2.05, 4.69) is 59.5 Å². The van der Waals surface area contributed by atoms with Crippen molar-refractivity contribution in [3.05, 3.63) is 28.7 Å². The molecular formula is C15H22BrNS. The van der Waals surface area contributed by atoms with Crippen LogP contribution >= 0.6 is 27.7 Å². The number of nitrogens with one attached hydrogen (secondary N) is 1. The predicted octanol–water partition coefficient (Wildman–Crippen LogP) is 4.71. The molecule has 0 amide bonds. The first-order valence-electron chi connectivity index (χ1n) is 6.82. The summed E-state index contributed by atoms with van der Waals surface area (Å²) in [4.78, 5) is 1.39. The molecule has 1 fully saturated rings. The Kier molecular flexibility index (Phi) is 5.58. The third-order valence-electron chi connectivity index (χ3n) is 3.95. The van der Waals surface area contributed by atoms with Crippen molar-refractivity contribution in [1.82, 2.24) is 5.32 Å². The van der Waals surface area contributed by atoms with Crippen LogP contribution < -0.4 is 5.32 Å². The standard InChI is InChI=1S/C15H22BrNS/c1-3-11-4-9-14(17-2)15(10-11)18-13-7-5-12(16)6-8-13/h5-8,11,14-15,17H,3-4,9-10H2,1-2H3. The van der Waals surface area contributed by atoms with Crippen LogP contribution in [0.5, 0.6) is 0 Å². The lowest BCUT2D eigenvalue weighted by molar-refractivity contribution is 0.304. The van der Waals surface area contributed by atoms with Crippen molar-refractivity contribution in [3.8, 4) is 0 Å². The van der Waals surface area contributed by atoms with Gasteiger partial charge in [-0.05, 0) is 56.5 Å². The molecule has 1 aliphatic rings. The van der Waals surface area contributed by atoms with Crippen LogP contribution in [0, 0.1) is 5.92 Å². The van der Waals surface area contributed by atoms with E-state index in [1.807, 2.05) is 11.8 Å². The highest BCUT2D eigenvalue weighted by atomic mass is 79.9. The molecule has 1 saturated carbocycles. The average molecular weight is 328 g/mol. The van der Waals surface area contributed by atoms with E-state index in [1.165, 1.54) is 30.6 Å². The van der Waals surface area contributed by atoms with Crippen LogP contribution in [0.2, 0.25) is 0 Å². The first-order chi connectivity index (χ1) is 8.72. The maximum atomic E-state index is 3.50. The summed E-state index contributed by atoms with van der Waals surface area (Å²) >= 11 is 5.54. The molecule has 3 unspecified atom stereocenters. The van der Waals surface area contributed by atoms with Crippen molar-refractivity contribution in [3.63, 3.8) is 0 Å². The molecule has 1 aromatic carbocycles. The van der Waals surface area contributed by atoms with Crippen LogP contribution in [0.25, 0.3) is 0 Å². The van der Waals surface area contributed by atoms with Crippen molar-refractivity contribution in [2.24, 2.45) is 5.92 Å². The van der Waals surface area contributed by atoms with Gasteiger partial charge in [0, 0.05) is 20.7 Å². The normalized spacial score (nSPS) is 28.3. The van der Waals surface area contributed by atoms with Gasteiger partial charge >= 0.3 is 0 Å². The van der Waals surface area contributed by atoms with Gasteiger partial charge in [-0.25, -0.2) is 0 Å². The second-order valence-corrected chi connectivity index (χ2v) is 7.32. The molecule has 0 aliphatic heterocycles. The largest absolute Gasteiger partial charge is 0.316 e. The fourth-order valence-electron chi connectivity index (χ4n) is 2.73. The van der Waals surface area contributed by atoms with Gasteiger partial charge in [0.2, 0.25) is 0 Å². The number of hydrogen-bond donors (Lipinski definition) is 1. The van der Waals surface area contributed by atoms with Crippen LogP contribution in [0.3, 0.4) is 0 Å². The molecular weight excluding hydrogens is 306 g/mol. The van der Waals surface area contributed by atoms with Gasteiger partial charge in [0.25, 0.3) is 0 Å². The second-order valence-electron chi connectivity index (χ2n) is 5.09. The summed E-state index contributed by atoms with van der Waals surface area (Å²) in [5.74, 6) is 0.919. The topological polar surface area (TPSA) is 12.0 Å². The van der Waals surface area contributed by atoms with Crippen LogP contribution in [0.1, 0.15) is 32.6 Å². The summed E-state index contributed by atoms with van der Waals surface area (Å²) in [6.07, 6.45) is 5.39. The molecule has 1 N–H and O–H groups in total. The quantitative estimate of drug-likeness (QED) is 0.859. The van der Waals surface area contributed by atoms with Crippen LogP contribution in [0.4, 0.5) is 0 Å². The summed E-state index contributed by atoms with van der Waals surface area (Å²) in [5.41, 5.74) is 0. The van der Waals surface area contributed by atoms with Crippen LogP contribution in [-0.2, 0) is 0 Å². The molecule has 100 valence electrons. The number of rotatable bonds is 4. The van der Waals surface area contributed by atoms with Crippen LogP contribution in [0.15, 0.2) is 33.6 Å². The zero-order valence-electron chi connectivity index (χ0n) is 11.2. The second kappa shape index (κ2) is 6.97. The summed E-state index contributed by atoms with van der Waals surface area (Å²) in [7, 11) is 2.10. The molecule has 18 heavy (non-hydrogen) atoms. The molecule has 0 aromatic heterocycles. The zero-order valence-corrected chi connectivity index (χ0v) is 13.6. The Bertz CT molecular complexity index is 365. The highest BCUT2D eigenvalue weighted by Gasteiger charge is 2.29. The monoisotopic (exact) mass is 327 g/mol. The van der Waals surface area contributed by atoms with E-state index >= 15 is 0 Å².